The smallest absolute Gasteiger partial charge is 0.231 e. The lowest BCUT2D eigenvalue weighted by Crippen LogP contribution is -2.21. The third-order valence-electron chi connectivity index (χ3n) is 4.43. The van der Waals surface area contributed by atoms with Crippen molar-refractivity contribution in [1.29, 1.82) is 5.26 Å². The molecule has 0 spiro atoms. The highest BCUT2D eigenvalue weighted by molar-refractivity contribution is 5.61. The first-order valence-electron chi connectivity index (χ1n) is 7.81. The molecule has 0 aromatic heterocycles. The molecule has 2 aromatic rings. The molecule has 2 aliphatic heterocycles. The van der Waals surface area contributed by atoms with E-state index in [1.165, 1.54) is 5.56 Å². The van der Waals surface area contributed by atoms with Crippen LogP contribution in [0.3, 0.4) is 0 Å². The molecule has 2 aromatic carbocycles. The number of hydrogen-bond donors (Lipinski definition) is 1. The number of hydrogen-bond acceptors (Lipinski definition) is 5. The maximum Gasteiger partial charge on any atom is 0.231 e. The summed E-state index contributed by atoms with van der Waals surface area (Å²) in [6.45, 7) is 2.29. The van der Waals surface area contributed by atoms with E-state index in [0.717, 1.165) is 17.5 Å². The number of aryl methyl sites for hydroxylation is 1. The van der Waals surface area contributed by atoms with Crippen molar-refractivity contribution in [3.63, 3.8) is 0 Å². The quantitative estimate of drug-likeness (QED) is 0.919. The molecule has 5 nitrogen and oxygen atoms in total. The van der Waals surface area contributed by atoms with Gasteiger partial charge in [-0.3, -0.25) is 0 Å². The second kappa shape index (κ2) is 5.50. The maximum atomic E-state index is 9.59. The van der Waals surface area contributed by atoms with Gasteiger partial charge in [-0.1, -0.05) is 31.2 Å². The van der Waals surface area contributed by atoms with Crippen LogP contribution in [0.5, 0.6) is 17.2 Å². The summed E-state index contributed by atoms with van der Waals surface area (Å²) in [7, 11) is 0. The Morgan fingerprint density at radius 1 is 1.12 bits per heavy atom. The van der Waals surface area contributed by atoms with Crippen molar-refractivity contribution < 1.29 is 14.2 Å². The molecule has 5 heteroatoms. The van der Waals surface area contributed by atoms with Gasteiger partial charge in [-0.25, -0.2) is 0 Å². The van der Waals surface area contributed by atoms with Crippen molar-refractivity contribution >= 4 is 0 Å². The Morgan fingerprint density at radius 2 is 1.83 bits per heavy atom. The van der Waals surface area contributed by atoms with Crippen LogP contribution in [0.4, 0.5) is 0 Å². The molecule has 2 heterocycles. The lowest BCUT2D eigenvalue weighted by molar-refractivity contribution is 0.174. The minimum atomic E-state index is -0.279. The SMILES string of the molecule is CCc1ccc(C2C(C#N)=C(N)Oc3cc4c(cc32)OCO4)cc1. The van der Waals surface area contributed by atoms with Crippen LogP contribution in [0.15, 0.2) is 47.9 Å². The standard InChI is InChI=1S/C19H16N2O3/c1-2-11-3-5-12(6-4-11)18-13-7-16-17(23-10-22-16)8-15(13)24-19(21)14(18)9-20/h3-8,18H,2,10,21H2,1H3. The van der Waals surface area contributed by atoms with Gasteiger partial charge in [0.25, 0.3) is 0 Å². The summed E-state index contributed by atoms with van der Waals surface area (Å²) in [4.78, 5) is 0. The monoisotopic (exact) mass is 320 g/mol. The Balaban J connectivity index is 1.88. The van der Waals surface area contributed by atoms with E-state index in [9.17, 15) is 5.26 Å². The fourth-order valence-corrected chi connectivity index (χ4v) is 3.14. The van der Waals surface area contributed by atoms with E-state index in [4.69, 9.17) is 19.9 Å². The number of rotatable bonds is 2. The van der Waals surface area contributed by atoms with Crippen LogP contribution < -0.4 is 19.9 Å². The van der Waals surface area contributed by atoms with E-state index in [1.807, 2.05) is 18.2 Å². The summed E-state index contributed by atoms with van der Waals surface area (Å²) in [6, 6.07) is 14.1. The minimum absolute atomic E-state index is 0.133. The molecule has 4 rings (SSSR count). The van der Waals surface area contributed by atoms with Crippen LogP contribution >= 0.6 is 0 Å². The predicted molar refractivity (Wildman–Crippen MR) is 87.7 cm³/mol. The summed E-state index contributed by atoms with van der Waals surface area (Å²) in [6.07, 6.45) is 0.965. The number of nitriles is 1. The van der Waals surface area contributed by atoms with E-state index < -0.39 is 0 Å². The molecule has 0 aliphatic carbocycles. The van der Waals surface area contributed by atoms with E-state index in [0.29, 0.717) is 22.8 Å². The highest BCUT2D eigenvalue weighted by Crippen LogP contribution is 2.47. The van der Waals surface area contributed by atoms with Gasteiger partial charge in [-0.2, -0.15) is 5.26 Å². The molecule has 1 unspecified atom stereocenters. The van der Waals surface area contributed by atoms with Crippen LogP contribution in [0.2, 0.25) is 0 Å². The molecule has 0 saturated heterocycles. The first kappa shape index (κ1) is 14.5. The summed E-state index contributed by atoms with van der Waals surface area (Å²) in [5.74, 6) is 1.74. The fourth-order valence-electron chi connectivity index (χ4n) is 3.14. The normalized spacial score (nSPS) is 17.9. The van der Waals surface area contributed by atoms with E-state index in [-0.39, 0.29) is 18.6 Å². The predicted octanol–water partition coefficient (Wildman–Crippen LogP) is 3.20. The van der Waals surface area contributed by atoms with E-state index in [1.54, 1.807) is 6.07 Å². The lowest BCUT2D eigenvalue weighted by Gasteiger charge is -2.26. The highest BCUT2D eigenvalue weighted by Gasteiger charge is 2.33. The van der Waals surface area contributed by atoms with Crippen LogP contribution in [-0.2, 0) is 6.42 Å². The Labute approximate surface area is 139 Å². The molecule has 2 aliphatic rings. The summed E-state index contributed by atoms with van der Waals surface area (Å²) in [5, 5.41) is 9.59. The second-order valence-corrected chi connectivity index (χ2v) is 5.76. The Bertz CT molecular complexity index is 879. The second-order valence-electron chi connectivity index (χ2n) is 5.76. The van der Waals surface area contributed by atoms with Crippen molar-refractivity contribution in [2.24, 2.45) is 5.73 Å². The van der Waals surface area contributed by atoms with Gasteiger partial charge in [-0.05, 0) is 23.6 Å². The van der Waals surface area contributed by atoms with E-state index in [2.05, 4.69) is 25.1 Å². The highest BCUT2D eigenvalue weighted by atomic mass is 16.7. The number of fused-ring (bicyclic) bond motifs is 2. The Hall–Kier alpha value is -3.13. The molecule has 1 atom stereocenters. The zero-order valence-corrected chi connectivity index (χ0v) is 13.2. The molecule has 0 bridgehead atoms. The molecular weight excluding hydrogens is 304 g/mol. The molecule has 0 saturated carbocycles. The van der Waals surface area contributed by atoms with Gasteiger partial charge < -0.3 is 19.9 Å². The first-order chi connectivity index (χ1) is 11.7. The topological polar surface area (TPSA) is 77.5 Å². The number of nitrogens with zero attached hydrogens (tertiary/aromatic N) is 1. The van der Waals surface area contributed by atoms with Crippen LogP contribution in [0, 0.1) is 11.3 Å². The number of ether oxygens (including phenoxy) is 3. The van der Waals surface area contributed by atoms with Gasteiger partial charge in [0, 0.05) is 11.6 Å². The number of allylic oxidation sites excluding steroid dienone is 1. The first-order valence-corrected chi connectivity index (χ1v) is 7.81. The average molecular weight is 320 g/mol. The molecule has 0 radical (unpaired) electrons. The zero-order chi connectivity index (χ0) is 16.7. The van der Waals surface area contributed by atoms with Gasteiger partial charge in [0.05, 0.1) is 5.92 Å². The molecular formula is C19H16N2O3. The largest absolute Gasteiger partial charge is 0.454 e. The van der Waals surface area contributed by atoms with Gasteiger partial charge in [0.2, 0.25) is 12.7 Å². The molecule has 120 valence electrons. The van der Waals surface area contributed by atoms with Gasteiger partial charge in [0.15, 0.2) is 11.5 Å². The van der Waals surface area contributed by atoms with Crippen LogP contribution in [-0.4, -0.2) is 6.79 Å². The van der Waals surface area contributed by atoms with Gasteiger partial charge in [-0.15, -0.1) is 0 Å². The van der Waals surface area contributed by atoms with Crippen molar-refractivity contribution in [3.05, 3.63) is 64.5 Å². The summed E-state index contributed by atoms with van der Waals surface area (Å²) >= 11 is 0. The van der Waals surface area contributed by atoms with Crippen LogP contribution in [0.1, 0.15) is 29.5 Å². The Morgan fingerprint density at radius 3 is 2.50 bits per heavy atom. The Kier molecular flexibility index (Phi) is 3.31. The number of benzene rings is 2. The maximum absolute atomic E-state index is 9.59. The van der Waals surface area contributed by atoms with Gasteiger partial charge in [0.1, 0.15) is 17.4 Å². The summed E-state index contributed by atoms with van der Waals surface area (Å²) < 4.78 is 16.5. The zero-order valence-electron chi connectivity index (χ0n) is 13.2. The van der Waals surface area contributed by atoms with E-state index >= 15 is 0 Å². The van der Waals surface area contributed by atoms with Crippen molar-refractivity contribution in [3.8, 4) is 23.3 Å². The molecule has 0 amide bonds. The van der Waals surface area contributed by atoms with Crippen molar-refractivity contribution in [1.82, 2.24) is 0 Å². The van der Waals surface area contributed by atoms with Gasteiger partial charge >= 0.3 is 0 Å². The lowest BCUT2D eigenvalue weighted by atomic mass is 9.83. The summed E-state index contributed by atoms with van der Waals surface area (Å²) in [5.41, 5.74) is 9.50. The minimum Gasteiger partial charge on any atom is -0.454 e. The average Bonchev–Trinajstić information content (AvgIpc) is 3.06. The molecule has 24 heavy (non-hydrogen) atoms. The van der Waals surface area contributed by atoms with Crippen molar-refractivity contribution in [2.45, 2.75) is 19.3 Å². The third-order valence-corrected chi connectivity index (χ3v) is 4.43. The fraction of sp³-hybridized carbons (Fsp3) is 0.211. The molecule has 2 N–H and O–H groups in total. The van der Waals surface area contributed by atoms with Crippen molar-refractivity contribution in [2.75, 3.05) is 6.79 Å². The third kappa shape index (κ3) is 2.16. The number of nitrogens with two attached hydrogens (primary N) is 1. The van der Waals surface area contributed by atoms with Crippen LogP contribution in [0.25, 0.3) is 0 Å². The molecule has 0 fully saturated rings.